The number of likely N-dealkylation sites (N-methyl/N-ethyl adjacent to an activating group) is 2. The second kappa shape index (κ2) is 9.36. The van der Waals surface area contributed by atoms with Crippen molar-refractivity contribution in [1.29, 1.82) is 0 Å². The summed E-state index contributed by atoms with van der Waals surface area (Å²) in [5, 5.41) is 9.02. The second-order valence-electron chi connectivity index (χ2n) is 6.77. The van der Waals surface area contributed by atoms with Gasteiger partial charge in [-0.1, -0.05) is 24.3 Å². The van der Waals surface area contributed by atoms with E-state index in [0.717, 1.165) is 42.9 Å². The van der Waals surface area contributed by atoms with E-state index in [4.69, 9.17) is 9.84 Å². The highest BCUT2D eigenvalue weighted by molar-refractivity contribution is 5.88. The molecule has 0 saturated carbocycles. The molecule has 0 aromatic heterocycles. The van der Waals surface area contributed by atoms with Crippen molar-refractivity contribution in [2.45, 2.75) is 6.42 Å². The third-order valence-corrected chi connectivity index (χ3v) is 4.42. The van der Waals surface area contributed by atoms with Gasteiger partial charge < -0.3 is 19.6 Å². The van der Waals surface area contributed by atoms with Crippen molar-refractivity contribution < 1.29 is 14.6 Å². The predicted octanol–water partition coefficient (Wildman–Crippen LogP) is 3.10. The number of carboxylic acids is 1. The maximum atomic E-state index is 11.0. The summed E-state index contributed by atoms with van der Waals surface area (Å²) in [4.78, 5) is 15.5. The van der Waals surface area contributed by atoms with Crippen LogP contribution < -0.4 is 4.74 Å². The molecule has 0 bridgehead atoms. The summed E-state index contributed by atoms with van der Waals surface area (Å²) in [6, 6.07) is 13.1. The van der Waals surface area contributed by atoms with Gasteiger partial charge in [0.2, 0.25) is 0 Å². The van der Waals surface area contributed by atoms with Gasteiger partial charge in [0.25, 0.3) is 0 Å². The van der Waals surface area contributed by atoms with Crippen molar-refractivity contribution in [3.63, 3.8) is 0 Å². The van der Waals surface area contributed by atoms with Crippen LogP contribution in [-0.4, -0.2) is 68.8 Å². The number of benzene rings is 2. The lowest BCUT2D eigenvalue weighted by Crippen LogP contribution is -2.30. The first-order valence-corrected chi connectivity index (χ1v) is 8.74. The first kappa shape index (κ1) is 19.9. The highest BCUT2D eigenvalue weighted by atomic mass is 16.5. The highest BCUT2D eigenvalue weighted by Gasteiger charge is 2.09. The fourth-order valence-corrected chi connectivity index (χ4v) is 2.72. The van der Waals surface area contributed by atoms with Gasteiger partial charge in [-0.2, -0.15) is 0 Å². The Labute approximate surface area is 155 Å². The molecular formula is C21H28N2O3. The van der Waals surface area contributed by atoms with Gasteiger partial charge in [0, 0.05) is 25.2 Å². The summed E-state index contributed by atoms with van der Waals surface area (Å²) in [5.74, 6) is -0.112. The van der Waals surface area contributed by atoms with E-state index in [0.29, 0.717) is 0 Å². The van der Waals surface area contributed by atoms with E-state index < -0.39 is 5.97 Å². The molecule has 140 valence electrons. The van der Waals surface area contributed by atoms with Gasteiger partial charge in [-0.05, 0) is 56.9 Å². The summed E-state index contributed by atoms with van der Waals surface area (Å²) in [6.45, 7) is 3.08. The third-order valence-electron chi connectivity index (χ3n) is 4.42. The Kier molecular flexibility index (Phi) is 7.18. The Hall–Kier alpha value is -2.37. The first-order chi connectivity index (χ1) is 12.4. The summed E-state index contributed by atoms with van der Waals surface area (Å²) >= 11 is 0. The average molecular weight is 356 g/mol. The van der Waals surface area contributed by atoms with Gasteiger partial charge in [-0.3, -0.25) is 0 Å². The van der Waals surface area contributed by atoms with Crippen LogP contribution in [0.5, 0.6) is 5.75 Å². The Balaban J connectivity index is 2.08. The predicted molar refractivity (Wildman–Crippen MR) is 105 cm³/mol. The number of hydrogen-bond donors (Lipinski definition) is 1. The van der Waals surface area contributed by atoms with Crippen molar-refractivity contribution >= 4 is 5.97 Å². The Morgan fingerprint density at radius 3 is 2.27 bits per heavy atom. The summed E-state index contributed by atoms with van der Waals surface area (Å²) in [5.41, 5.74) is 3.42. The number of nitrogens with zero attached hydrogens (tertiary/aromatic N) is 2. The molecule has 0 atom stereocenters. The molecule has 0 saturated heterocycles. The Morgan fingerprint density at radius 2 is 1.69 bits per heavy atom. The average Bonchev–Trinajstić information content (AvgIpc) is 2.64. The molecule has 0 unspecified atom stereocenters. The normalized spacial score (nSPS) is 11.2. The largest absolute Gasteiger partial charge is 0.496 e. The van der Waals surface area contributed by atoms with Gasteiger partial charge in [-0.15, -0.1) is 0 Å². The van der Waals surface area contributed by atoms with Gasteiger partial charge >= 0.3 is 5.97 Å². The molecule has 2 aromatic carbocycles. The minimum Gasteiger partial charge on any atom is -0.496 e. The highest BCUT2D eigenvalue weighted by Crippen LogP contribution is 2.31. The van der Waals surface area contributed by atoms with E-state index in [9.17, 15) is 4.79 Å². The minimum atomic E-state index is -0.919. The monoisotopic (exact) mass is 356 g/mol. The summed E-state index contributed by atoms with van der Waals surface area (Å²) in [7, 11) is 7.97. The van der Waals surface area contributed by atoms with Crippen molar-refractivity contribution in [3.05, 3.63) is 53.6 Å². The topological polar surface area (TPSA) is 53.0 Å². The van der Waals surface area contributed by atoms with Gasteiger partial charge in [0.05, 0.1) is 12.7 Å². The quantitative estimate of drug-likeness (QED) is 0.748. The van der Waals surface area contributed by atoms with Gasteiger partial charge in [0.15, 0.2) is 0 Å². The standard InChI is InChI=1S/C21H28N2O3/c1-22(2)13-14-23(3)12-11-16-5-10-19(20(15-16)26-4)17-6-8-18(9-7-17)21(24)25/h5-10,15H,11-14H2,1-4H3,(H,24,25). The molecule has 5 nitrogen and oxygen atoms in total. The third kappa shape index (κ3) is 5.58. The van der Waals surface area contributed by atoms with Crippen LogP contribution >= 0.6 is 0 Å². The van der Waals surface area contributed by atoms with E-state index in [1.54, 1.807) is 19.2 Å². The molecule has 0 amide bonds. The molecule has 0 aliphatic rings. The van der Waals surface area contributed by atoms with Crippen LogP contribution in [0.1, 0.15) is 15.9 Å². The lowest BCUT2D eigenvalue weighted by Gasteiger charge is -2.19. The minimum absolute atomic E-state index is 0.282. The molecule has 26 heavy (non-hydrogen) atoms. The summed E-state index contributed by atoms with van der Waals surface area (Å²) < 4.78 is 5.57. The molecule has 2 aromatic rings. The molecule has 0 fully saturated rings. The van der Waals surface area contributed by atoms with E-state index in [2.05, 4.69) is 43.1 Å². The second-order valence-corrected chi connectivity index (χ2v) is 6.77. The van der Waals surface area contributed by atoms with E-state index >= 15 is 0 Å². The maximum absolute atomic E-state index is 11.0. The number of ether oxygens (including phenoxy) is 1. The van der Waals surface area contributed by atoms with Crippen molar-refractivity contribution in [3.8, 4) is 16.9 Å². The van der Waals surface area contributed by atoms with Crippen LogP contribution in [0, 0.1) is 0 Å². The number of carbonyl (C=O) groups is 1. The lowest BCUT2D eigenvalue weighted by molar-refractivity contribution is 0.0697. The van der Waals surface area contributed by atoms with E-state index in [1.807, 2.05) is 18.2 Å². The van der Waals surface area contributed by atoms with Crippen LogP contribution in [0.15, 0.2) is 42.5 Å². The fraction of sp³-hybridized carbons (Fsp3) is 0.381. The smallest absolute Gasteiger partial charge is 0.335 e. The molecule has 0 radical (unpaired) electrons. The van der Waals surface area contributed by atoms with Crippen molar-refractivity contribution in [2.75, 3.05) is 47.9 Å². The number of methoxy groups -OCH3 is 1. The Bertz CT molecular complexity index is 727. The number of aromatic carboxylic acids is 1. The molecule has 0 spiro atoms. The molecule has 1 N–H and O–H groups in total. The molecule has 0 heterocycles. The Morgan fingerprint density at radius 1 is 1.00 bits per heavy atom. The number of carboxylic acid groups (broad SMARTS) is 1. The molecular weight excluding hydrogens is 328 g/mol. The van der Waals surface area contributed by atoms with Crippen molar-refractivity contribution in [2.24, 2.45) is 0 Å². The maximum Gasteiger partial charge on any atom is 0.335 e. The number of hydrogen-bond acceptors (Lipinski definition) is 4. The van der Waals surface area contributed by atoms with Crippen LogP contribution in [0.2, 0.25) is 0 Å². The molecule has 2 rings (SSSR count). The zero-order chi connectivity index (χ0) is 19.1. The van der Waals surface area contributed by atoms with Crippen LogP contribution in [-0.2, 0) is 6.42 Å². The SMILES string of the molecule is COc1cc(CCN(C)CCN(C)C)ccc1-c1ccc(C(=O)O)cc1. The lowest BCUT2D eigenvalue weighted by atomic mass is 10.00. The summed E-state index contributed by atoms with van der Waals surface area (Å²) in [6.07, 6.45) is 0.957. The van der Waals surface area contributed by atoms with E-state index in [1.165, 1.54) is 5.56 Å². The van der Waals surface area contributed by atoms with E-state index in [-0.39, 0.29) is 5.56 Å². The van der Waals surface area contributed by atoms with Gasteiger partial charge in [0.1, 0.15) is 5.75 Å². The fourth-order valence-electron chi connectivity index (χ4n) is 2.72. The first-order valence-electron chi connectivity index (χ1n) is 8.74. The number of rotatable bonds is 9. The van der Waals surface area contributed by atoms with Crippen LogP contribution in [0.25, 0.3) is 11.1 Å². The zero-order valence-electron chi connectivity index (χ0n) is 16.0. The van der Waals surface area contributed by atoms with Crippen molar-refractivity contribution in [1.82, 2.24) is 9.80 Å². The van der Waals surface area contributed by atoms with Crippen LogP contribution in [0.4, 0.5) is 0 Å². The molecule has 0 aliphatic heterocycles. The molecule has 5 heteroatoms. The van der Waals surface area contributed by atoms with Gasteiger partial charge in [-0.25, -0.2) is 4.79 Å². The zero-order valence-corrected chi connectivity index (χ0v) is 16.0. The van der Waals surface area contributed by atoms with Crippen LogP contribution in [0.3, 0.4) is 0 Å². The molecule has 0 aliphatic carbocycles.